The maximum atomic E-state index is 6.26. The zero-order valence-electron chi connectivity index (χ0n) is 72.3. The first-order chi connectivity index (χ1) is 66.9. The summed E-state index contributed by atoms with van der Waals surface area (Å²) in [7, 11) is 0. The van der Waals surface area contributed by atoms with E-state index in [4.69, 9.17) is 32.6 Å². The summed E-state index contributed by atoms with van der Waals surface area (Å²) in [5.41, 5.74) is 30.0. The van der Waals surface area contributed by atoms with Gasteiger partial charge in [0.1, 0.15) is 50.5 Å². The maximum Gasteiger partial charge on any atom is 0.138 e. The van der Waals surface area contributed by atoms with E-state index in [1.807, 2.05) is 72.0 Å². The fourth-order valence-electron chi connectivity index (χ4n) is 21.2. The predicted molar refractivity (Wildman–Crippen MR) is 559 cm³/mol. The average molecular weight is 1750 g/mol. The molecular weight excluding hydrogens is 1670 g/mol. The van der Waals surface area contributed by atoms with Crippen molar-refractivity contribution in [2.24, 2.45) is 0 Å². The molecule has 0 aliphatic heterocycles. The number of benzene rings is 18. The zero-order chi connectivity index (χ0) is 88.5. The molecule has 0 amide bonds. The van der Waals surface area contributed by atoms with Crippen LogP contribution in [0.2, 0.25) is 0 Å². The standard InChI is InChI=1S/C41H25N3O.C41H24N2O2.C41H24N2OS/c1-6-17-34-27(11-1)28-12-2-7-18-35(28)44(34)40-22-9-15-32(42-40)26-23-24-36-31(25-26)29-13-3-5-16-33(29)43(36)37-19-10-21-39-41(37)30-14-4-8-20-38(30)45-39;1-4-14-34-27(9-1)30-23-25(19-21-35(30)43(34)36-15-8-18-40-41(36)29-11-3-6-17-38(29)45-40)32-12-7-13-33(42-32)26-20-22-39-31(24-26)28-10-2-5-16-37(28)44-39;1-4-14-34-27(9-1)30-23-25(19-21-35(30)43(34)36-15-8-17-38-41(36)29-11-2-5-16-37(29)44-38)32-12-7-13-33(42-32)26-20-22-40-31(24-26)28-10-3-6-18-39(28)45-40/h1-25H;2*1-24H. The highest BCUT2D eigenvalue weighted by molar-refractivity contribution is 7.25. The van der Waals surface area contributed by atoms with E-state index in [0.717, 1.165) is 206 Å². The van der Waals surface area contributed by atoms with E-state index in [1.54, 1.807) is 0 Å². The predicted octanol–water partition coefficient (Wildman–Crippen LogP) is 33.9. The molecule has 0 unspecified atom stereocenters. The van der Waals surface area contributed by atoms with Crippen molar-refractivity contribution in [2.45, 2.75) is 0 Å². The highest BCUT2D eigenvalue weighted by Crippen LogP contribution is 2.47. The van der Waals surface area contributed by atoms with Crippen molar-refractivity contribution in [3.8, 4) is 79.2 Å². The number of nitrogens with zero attached hydrogens (tertiary/aromatic N) is 7. The van der Waals surface area contributed by atoms with Gasteiger partial charge in [-0.15, -0.1) is 11.3 Å². The van der Waals surface area contributed by atoms with Gasteiger partial charge < -0.3 is 31.4 Å². The molecule has 30 rings (SSSR count). The van der Waals surface area contributed by atoms with Gasteiger partial charge in [-0.1, -0.05) is 243 Å². The van der Waals surface area contributed by atoms with E-state index in [9.17, 15) is 0 Å². The molecule has 0 aliphatic carbocycles. The molecule has 0 saturated carbocycles. The molecule has 18 aromatic carbocycles. The van der Waals surface area contributed by atoms with Crippen molar-refractivity contribution in [1.82, 2.24) is 33.2 Å². The van der Waals surface area contributed by atoms with Crippen LogP contribution in [0.15, 0.2) is 461 Å². The summed E-state index contributed by atoms with van der Waals surface area (Å²) in [4.78, 5) is 15.6. The van der Waals surface area contributed by atoms with E-state index in [0.29, 0.717) is 0 Å². The molecular formula is C123H73N7O4S. The Bertz CT molecular complexity index is 9730. The Kier molecular flexibility index (Phi) is 17.1. The lowest BCUT2D eigenvalue weighted by Crippen LogP contribution is -1.98. The zero-order valence-corrected chi connectivity index (χ0v) is 73.1. The van der Waals surface area contributed by atoms with Crippen molar-refractivity contribution in [2.75, 3.05) is 0 Å². The van der Waals surface area contributed by atoms with Gasteiger partial charge in [-0.2, -0.15) is 0 Å². The first-order valence-corrected chi connectivity index (χ1v) is 46.3. The third-order valence-electron chi connectivity index (χ3n) is 27.2. The summed E-state index contributed by atoms with van der Waals surface area (Å²) in [6.07, 6.45) is 0. The fraction of sp³-hybridized carbons (Fsp3) is 0. The molecule has 0 saturated heterocycles. The quantitative estimate of drug-likeness (QED) is 0.142. The Morgan fingerprint density at radius 1 is 0.163 bits per heavy atom. The van der Waals surface area contributed by atoms with E-state index in [2.05, 4.69) is 400 Å². The van der Waals surface area contributed by atoms with Crippen LogP contribution in [0.5, 0.6) is 0 Å². The molecule has 0 N–H and O–H groups in total. The average Bonchev–Trinajstić information content (AvgIpc) is 1.58. The molecule has 0 radical (unpaired) electrons. The van der Waals surface area contributed by atoms with Crippen LogP contribution >= 0.6 is 11.3 Å². The Labute approximate surface area is 773 Å². The van der Waals surface area contributed by atoms with Gasteiger partial charge in [-0.25, -0.2) is 15.0 Å². The lowest BCUT2D eigenvalue weighted by atomic mass is 10.0. The van der Waals surface area contributed by atoms with Crippen molar-refractivity contribution >= 4 is 206 Å². The van der Waals surface area contributed by atoms with Crippen molar-refractivity contribution in [1.29, 1.82) is 0 Å². The molecule has 135 heavy (non-hydrogen) atoms. The number of furan rings is 4. The van der Waals surface area contributed by atoms with Crippen molar-refractivity contribution in [3.05, 3.63) is 443 Å². The second kappa shape index (κ2) is 30.3. The third-order valence-corrected chi connectivity index (χ3v) is 28.3. The lowest BCUT2D eigenvalue weighted by Gasteiger charge is -2.11. The van der Waals surface area contributed by atoms with Crippen molar-refractivity contribution in [3.63, 3.8) is 0 Å². The fourth-order valence-corrected chi connectivity index (χ4v) is 22.2. The highest BCUT2D eigenvalue weighted by atomic mass is 32.1. The molecule has 0 fully saturated rings. The molecule has 0 bridgehead atoms. The number of para-hydroxylation sites is 9. The monoisotopic (exact) mass is 1740 g/mol. The summed E-state index contributed by atoms with van der Waals surface area (Å²) >= 11 is 1.84. The minimum atomic E-state index is 0.886. The molecule has 12 heteroatoms. The van der Waals surface area contributed by atoms with Crippen LogP contribution in [0.1, 0.15) is 0 Å². The number of hydrogen-bond donors (Lipinski definition) is 0. The van der Waals surface area contributed by atoms with Crippen LogP contribution in [0.4, 0.5) is 0 Å². The van der Waals surface area contributed by atoms with E-state index in [-0.39, 0.29) is 0 Å². The van der Waals surface area contributed by atoms with Crippen molar-refractivity contribution < 1.29 is 17.7 Å². The van der Waals surface area contributed by atoms with Crippen LogP contribution in [0.3, 0.4) is 0 Å². The van der Waals surface area contributed by atoms with Crippen LogP contribution in [-0.4, -0.2) is 33.2 Å². The number of aromatic nitrogens is 7. The van der Waals surface area contributed by atoms with E-state index < -0.39 is 0 Å². The molecule has 30 aromatic rings. The maximum absolute atomic E-state index is 6.26. The Hall–Kier alpha value is -18.0. The second-order valence-electron chi connectivity index (χ2n) is 34.7. The first kappa shape index (κ1) is 76.0. The number of pyridine rings is 3. The number of fused-ring (bicyclic) bond motifs is 27. The number of rotatable bonds is 9. The van der Waals surface area contributed by atoms with Gasteiger partial charge in [0, 0.05) is 118 Å². The van der Waals surface area contributed by atoms with E-state index >= 15 is 0 Å². The Morgan fingerprint density at radius 3 is 0.852 bits per heavy atom. The van der Waals surface area contributed by atoms with Gasteiger partial charge >= 0.3 is 0 Å². The van der Waals surface area contributed by atoms with Crippen LogP contribution in [0.25, 0.3) is 274 Å². The van der Waals surface area contributed by atoms with Crippen LogP contribution in [0, 0.1) is 0 Å². The van der Waals surface area contributed by atoms with Crippen LogP contribution in [-0.2, 0) is 0 Å². The number of hydrogen-bond acceptors (Lipinski definition) is 8. The first-order valence-electron chi connectivity index (χ1n) is 45.5. The number of thiophene rings is 1. The summed E-state index contributed by atoms with van der Waals surface area (Å²) in [6, 6.07) is 156. The molecule has 630 valence electrons. The molecule has 0 aliphatic rings. The largest absolute Gasteiger partial charge is 0.456 e. The smallest absolute Gasteiger partial charge is 0.138 e. The topological polar surface area (TPSA) is 111 Å². The van der Waals surface area contributed by atoms with Gasteiger partial charge in [0.2, 0.25) is 0 Å². The summed E-state index contributed by atoms with van der Waals surface area (Å²) < 4.78 is 36.8. The Balaban J connectivity index is 0.000000101. The van der Waals surface area contributed by atoms with Gasteiger partial charge in [-0.05, 0) is 200 Å². The summed E-state index contributed by atoms with van der Waals surface area (Å²) in [5, 5.41) is 21.2. The molecule has 12 aromatic heterocycles. The summed E-state index contributed by atoms with van der Waals surface area (Å²) in [6.45, 7) is 0. The van der Waals surface area contributed by atoms with Gasteiger partial charge in [-0.3, -0.25) is 4.57 Å². The third kappa shape index (κ3) is 12.1. The van der Waals surface area contributed by atoms with Crippen LogP contribution < -0.4 is 0 Å². The molecule has 11 nitrogen and oxygen atoms in total. The minimum absolute atomic E-state index is 0.886. The second-order valence-corrected chi connectivity index (χ2v) is 35.8. The minimum Gasteiger partial charge on any atom is -0.456 e. The lowest BCUT2D eigenvalue weighted by molar-refractivity contribution is 0.668. The van der Waals surface area contributed by atoms with Gasteiger partial charge in [0.05, 0.1) is 106 Å². The molecule has 0 atom stereocenters. The SMILES string of the molecule is c1cc(-c2ccc3c(c2)c2ccccc2n3-c2cccc3oc4ccccc4c23)nc(-n2c3ccccc3c3ccccc32)c1.c1cc(-c2ccc3oc4ccccc4c3c2)nc(-c2ccc3c(c2)c2ccccc2n3-c2cccc3oc4ccccc4c23)c1.c1cc(-c2ccc3sc4ccccc4c3c2)nc(-c2ccc3c(c2)c2ccccc2n3-c2cccc3oc4ccccc4c23)c1. The molecule has 0 spiro atoms. The van der Waals surface area contributed by atoms with Gasteiger partial charge in [0.25, 0.3) is 0 Å². The normalized spacial score (nSPS) is 12.0. The molecule has 12 heterocycles. The summed E-state index contributed by atoms with van der Waals surface area (Å²) in [5.74, 6) is 0.908. The van der Waals surface area contributed by atoms with Gasteiger partial charge in [0.15, 0.2) is 0 Å². The van der Waals surface area contributed by atoms with E-state index in [1.165, 1.54) is 68.8 Å². The highest BCUT2D eigenvalue weighted by Gasteiger charge is 2.25. The Morgan fingerprint density at radius 2 is 0.430 bits per heavy atom.